The number of allylic oxidation sites excluding steroid dienone is 2. The van der Waals surface area contributed by atoms with Gasteiger partial charge in [0.25, 0.3) is 0 Å². The predicted octanol–water partition coefficient (Wildman–Crippen LogP) is 1.53. The van der Waals surface area contributed by atoms with Crippen molar-refractivity contribution in [3.05, 3.63) is 23.8 Å². The summed E-state index contributed by atoms with van der Waals surface area (Å²) >= 11 is 0. The minimum absolute atomic E-state index is 0.183. The molecule has 0 bridgehead atoms. The number of esters is 2. The second kappa shape index (κ2) is 12.3. The zero-order chi connectivity index (χ0) is 22.8. The molecule has 0 amide bonds. The van der Waals surface area contributed by atoms with Crippen LogP contribution in [0.2, 0.25) is 0 Å². The van der Waals surface area contributed by atoms with E-state index >= 15 is 0 Å². The van der Waals surface area contributed by atoms with Crippen LogP contribution < -0.4 is 0 Å². The summed E-state index contributed by atoms with van der Waals surface area (Å²) in [5.41, 5.74) is -1.04. The number of rotatable bonds is 13. The number of aldehydes is 1. The number of carbonyl (C=O) groups excluding carboxylic acids is 4. The van der Waals surface area contributed by atoms with E-state index in [-0.39, 0.29) is 5.92 Å². The van der Waals surface area contributed by atoms with Gasteiger partial charge in [0, 0.05) is 5.92 Å². The topological polar surface area (TPSA) is 127 Å². The van der Waals surface area contributed by atoms with Gasteiger partial charge in [0.05, 0.1) is 20.1 Å². The number of hydrogen-bond acceptors (Lipinski definition) is 8. The summed E-state index contributed by atoms with van der Waals surface area (Å²) in [6.07, 6.45) is 2.05. The van der Waals surface area contributed by atoms with Crippen molar-refractivity contribution in [1.29, 1.82) is 0 Å². The van der Waals surface area contributed by atoms with Crippen molar-refractivity contribution >= 4 is 24.0 Å². The first-order valence-electron chi connectivity index (χ1n) is 9.41. The van der Waals surface area contributed by atoms with Gasteiger partial charge >= 0.3 is 11.9 Å². The fraction of sp³-hybridized carbons (Fsp3) is 0.619. The molecule has 0 aromatic carbocycles. The zero-order valence-corrected chi connectivity index (χ0v) is 17.8. The van der Waals surface area contributed by atoms with E-state index in [0.29, 0.717) is 24.0 Å². The molecule has 0 aromatic heterocycles. The monoisotopic (exact) mass is 412 g/mol. The van der Waals surface area contributed by atoms with Crippen LogP contribution in [0.1, 0.15) is 47.0 Å². The Balaban J connectivity index is 5.25. The maximum Gasteiger partial charge on any atom is 0.316 e. The summed E-state index contributed by atoms with van der Waals surface area (Å²) in [4.78, 5) is 47.1. The van der Waals surface area contributed by atoms with Gasteiger partial charge in [-0.25, -0.2) is 0 Å². The summed E-state index contributed by atoms with van der Waals surface area (Å²) in [7, 11) is 1.08. The number of methoxy groups -OCH3 is 1. The first kappa shape index (κ1) is 26.7. The normalized spacial score (nSPS) is 16.7. The Hall–Kier alpha value is -2.32. The highest BCUT2D eigenvalue weighted by atomic mass is 16.5. The molecular weight excluding hydrogens is 380 g/mol. The van der Waals surface area contributed by atoms with E-state index in [4.69, 9.17) is 4.74 Å². The van der Waals surface area contributed by atoms with Crippen LogP contribution in [0.4, 0.5) is 0 Å². The lowest BCUT2D eigenvalue weighted by Gasteiger charge is -2.26. The maximum atomic E-state index is 12.5. The number of Topliss-reactive ketones (excluding diaryl/α,β-unsaturated/α-hetero) is 1. The summed E-state index contributed by atoms with van der Waals surface area (Å²) in [6, 6.07) is 0. The van der Waals surface area contributed by atoms with Gasteiger partial charge in [-0.1, -0.05) is 32.1 Å². The maximum absolute atomic E-state index is 12.5. The molecule has 2 N–H and O–H groups in total. The highest BCUT2D eigenvalue weighted by molar-refractivity contribution is 6.04. The Morgan fingerprint density at radius 3 is 2.28 bits per heavy atom. The van der Waals surface area contributed by atoms with Crippen LogP contribution in [0.5, 0.6) is 0 Å². The molecule has 0 aliphatic carbocycles. The van der Waals surface area contributed by atoms with Crippen molar-refractivity contribution in [2.75, 3.05) is 13.7 Å². The fourth-order valence-electron chi connectivity index (χ4n) is 2.72. The molecule has 0 spiro atoms. The molecule has 164 valence electrons. The van der Waals surface area contributed by atoms with Gasteiger partial charge in [-0.2, -0.15) is 0 Å². The third kappa shape index (κ3) is 8.29. The Kier molecular flexibility index (Phi) is 11.3. The lowest BCUT2D eigenvalue weighted by Crippen LogP contribution is -2.49. The first-order valence-corrected chi connectivity index (χ1v) is 9.41. The van der Waals surface area contributed by atoms with Gasteiger partial charge < -0.3 is 24.5 Å². The molecule has 0 rings (SSSR count). The molecule has 0 aliphatic heterocycles. The number of ketones is 1. The van der Waals surface area contributed by atoms with Gasteiger partial charge in [0.15, 0.2) is 11.4 Å². The highest BCUT2D eigenvalue weighted by Crippen LogP contribution is 2.22. The van der Waals surface area contributed by atoms with Crippen LogP contribution in [0.3, 0.4) is 0 Å². The van der Waals surface area contributed by atoms with E-state index in [0.717, 1.165) is 13.4 Å². The van der Waals surface area contributed by atoms with E-state index in [1.54, 1.807) is 26.8 Å². The number of aliphatic hydroxyl groups is 2. The lowest BCUT2D eigenvalue weighted by atomic mass is 9.87. The lowest BCUT2D eigenvalue weighted by molar-refractivity contribution is -0.166. The quantitative estimate of drug-likeness (QED) is 0.202. The van der Waals surface area contributed by atoms with Gasteiger partial charge in [-0.05, 0) is 32.3 Å². The number of ether oxygens (including phenoxy) is 2. The van der Waals surface area contributed by atoms with E-state index < -0.39 is 48.4 Å². The van der Waals surface area contributed by atoms with E-state index in [2.05, 4.69) is 11.3 Å². The molecule has 8 heteroatoms. The molecule has 0 unspecified atom stereocenters. The van der Waals surface area contributed by atoms with Crippen LogP contribution >= 0.6 is 0 Å². The zero-order valence-electron chi connectivity index (χ0n) is 17.8. The number of hydrogen-bond donors (Lipinski definition) is 2. The van der Waals surface area contributed by atoms with E-state index in [9.17, 15) is 29.4 Å². The molecule has 8 nitrogen and oxygen atoms in total. The van der Waals surface area contributed by atoms with Crippen molar-refractivity contribution in [1.82, 2.24) is 0 Å². The minimum Gasteiger partial charge on any atom is -0.469 e. The van der Waals surface area contributed by atoms with Crippen LogP contribution in [-0.2, 0) is 28.7 Å². The third-order valence-electron chi connectivity index (χ3n) is 4.52. The van der Waals surface area contributed by atoms with Crippen molar-refractivity contribution in [2.24, 2.45) is 11.8 Å². The second-order valence-electron chi connectivity index (χ2n) is 7.23. The number of carbonyl (C=O) groups is 4. The number of aliphatic hydroxyl groups excluding tert-OH is 1. The Morgan fingerprint density at radius 1 is 1.24 bits per heavy atom. The highest BCUT2D eigenvalue weighted by Gasteiger charge is 2.43. The van der Waals surface area contributed by atoms with Gasteiger partial charge in [0.2, 0.25) is 0 Å². The van der Waals surface area contributed by atoms with Crippen LogP contribution in [0, 0.1) is 11.8 Å². The second-order valence-corrected chi connectivity index (χ2v) is 7.23. The molecule has 0 aromatic rings. The minimum atomic E-state index is -2.43. The molecule has 0 saturated carbocycles. The molecule has 0 fully saturated rings. The smallest absolute Gasteiger partial charge is 0.316 e. The van der Waals surface area contributed by atoms with E-state index in [1.165, 1.54) is 6.92 Å². The van der Waals surface area contributed by atoms with E-state index in [1.807, 2.05) is 0 Å². The average Bonchev–Trinajstić information content (AvgIpc) is 2.69. The Morgan fingerprint density at radius 2 is 1.83 bits per heavy atom. The van der Waals surface area contributed by atoms with Crippen molar-refractivity contribution in [2.45, 2.75) is 58.7 Å². The van der Waals surface area contributed by atoms with Crippen LogP contribution in [-0.4, -0.2) is 59.6 Å². The standard InChI is InChI=1S/C21H32O8/c1-7-17(15(4)9-13(2)8-14(3)11-22)29-20(26)16(5)19(25)21(27,12-23)10-18(24)28-6/h9,11,14,16-17,23,27H,2,7-8,10,12H2,1,3-6H3/b15-9+/t14-,16+,17-,21-/m0/s1. The molecule has 4 atom stereocenters. The Bertz CT molecular complexity index is 651. The van der Waals surface area contributed by atoms with Crippen molar-refractivity contribution in [3.63, 3.8) is 0 Å². The van der Waals surface area contributed by atoms with Crippen molar-refractivity contribution < 1.29 is 38.9 Å². The van der Waals surface area contributed by atoms with Gasteiger partial charge in [-0.3, -0.25) is 14.4 Å². The van der Waals surface area contributed by atoms with Crippen molar-refractivity contribution in [3.8, 4) is 0 Å². The molecule has 0 radical (unpaired) electrons. The van der Waals surface area contributed by atoms with Gasteiger partial charge in [-0.15, -0.1) is 0 Å². The summed E-state index contributed by atoms with van der Waals surface area (Å²) in [6.45, 7) is 9.38. The van der Waals surface area contributed by atoms with Gasteiger partial charge in [0.1, 0.15) is 18.3 Å². The van der Waals surface area contributed by atoms with Crippen LogP contribution in [0.25, 0.3) is 0 Å². The fourth-order valence-corrected chi connectivity index (χ4v) is 2.72. The average molecular weight is 412 g/mol. The summed E-state index contributed by atoms with van der Waals surface area (Å²) < 4.78 is 9.81. The molecule has 29 heavy (non-hydrogen) atoms. The molecule has 0 heterocycles. The van der Waals surface area contributed by atoms with Crippen LogP contribution in [0.15, 0.2) is 23.8 Å². The summed E-state index contributed by atoms with van der Waals surface area (Å²) in [5.74, 6) is -4.41. The predicted molar refractivity (Wildman–Crippen MR) is 106 cm³/mol. The summed E-state index contributed by atoms with van der Waals surface area (Å²) in [5, 5.41) is 19.6. The first-order chi connectivity index (χ1) is 13.4. The SMILES string of the molecule is C=C(/C=C(\C)[C@H](CC)OC(=O)[C@H](C)C(=O)[C@@](O)(CO)CC(=O)OC)C[C@H](C)C=O. The molecule has 0 saturated heterocycles. The molecule has 0 aliphatic rings. The largest absolute Gasteiger partial charge is 0.469 e. The third-order valence-corrected chi connectivity index (χ3v) is 4.52. The molecular formula is C21H32O8. The Labute approximate surface area is 171 Å².